The van der Waals surface area contributed by atoms with Gasteiger partial charge in [-0.15, -0.1) is 12.3 Å². The molecule has 16 heavy (non-hydrogen) atoms. The van der Waals surface area contributed by atoms with Crippen molar-refractivity contribution in [1.82, 2.24) is 5.32 Å². The molecule has 88 valence electrons. The van der Waals surface area contributed by atoms with Crippen molar-refractivity contribution in [3.8, 4) is 12.3 Å². The molecule has 0 aliphatic carbocycles. The molecule has 0 aromatic rings. The van der Waals surface area contributed by atoms with E-state index in [1.165, 1.54) is 0 Å². The first-order chi connectivity index (χ1) is 7.38. The number of carbonyl (C=O) groups excluding carboxylic acids is 1. The summed E-state index contributed by atoms with van der Waals surface area (Å²) >= 11 is 0. The fourth-order valence-corrected chi connectivity index (χ4v) is 0.878. The molecule has 0 radical (unpaired) electrons. The predicted molar refractivity (Wildman–Crippen MR) is 53.2 cm³/mol. The molecule has 0 aromatic carbocycles. The van der Waals surface area contributed by atoms with Crippen molar-refractivity contribution in [2.24, 2.45) is 5.73 Å². The van der Waals surface area contributed by atoms with E-state index in [1.807, 2.05) is 0 Å². The number of nitrogens with one attached hydrogen (secondary N) is 1. The number of amides is 1. The molecular formula is C9H12N2O5. The third-order valence-electron chi connectivity index (χ3n) is 1.67. The number of rotatable bonds is 6. The first-order valence-corrected chi connectivity index (χ1v) is 4.32. The SMILES string of the molecule is C#CCC(NC(=O)C(N)CC(=O)O)C(=O)O. The van der Waals surface area contributed by atoms with Gasteiger partial charge >= 0.3 is 11.9 Å². The number of hydrogen-bond donors (Lipinski definition) is 4. The minimum Gasteiger partial charge on any atom is -0.481 e. The maximum absolute atomic E-state index is 11.2. The summed E-state index contributed by atoms with van der Waals surface area (Å²) in [7, 11) is 0. The van der Waals surface area contributed by atoms with Crippen LogP contribution in [-0.4, -0.2) is 40.1 Å². The molecule has 2 atom stereocenters. The van der Waals surface area contributed by atoms with Gasteiger partial charge in [0.15, 0.2) is 0 Å². The number of carboxylic acids is 2. The Morgan fingerprint density at radius 1 is 1.38 bits per heavy atom. The Hall–Kier alpha value is -2.07. The number of aliphatic carboxylic acids is 2. The summed E-state index contributed by atoms with van der Waals surface area (Å²) in [5.41, 5.74) is 5.23. The van der Waals surface area contributed by atoms with Crippen molar-refractivity contribution < 1.29 is 24.6 Å². The molecule has 0 heterocycles. The largest absolute Gasteiger partial charge is 0.481 e. The highest BCUT2D eigenvalue weighted by molar-refractivity contribution is 5.89. The van der Waals surface area contributed by atoms with Gasteiger partial charge in [0.1, 0.15) is 6.04 Å². The lowest BCUT2D eigenvalue weighted by Crippen LogP contribution is -2.48. The van der Waals surface area contributed by atoms with Crippen molar-refractivity contribution in [2.45, 2.75) is 24.9 Å². The van der Waals surface area contributed by atoms with Crippen LogP contribution < -0.4 is 11.1 Å². The van der Waals surface area contributed by atoms with Gasteiger partial charge in [0.05, 0.1) is 12.5 Å². The zero-order valence-corrected chi connectivity index (χ0v) is 8.34. The molecule has 0 aromatic heterocycles. The molecule has 7 heteroatoms. The fraction of sp³-hybridized carbons (Fsp3) is 0.444. The van der Waals surface area contributed by atoms with Crippen LogP contribution >= 0.6 is 0 Å². The topological polar surface area (TPSA) is 130 Å². The number of nitrogens with two attached hydrogens (primary N) is 1. The fourth-order valence-electron chi connectivity index (χ4n) is 0.878. The Kier molecular flexibility index (Phi) is 5.59. The minimum absolute atomic E-state index is 0.194. The van der Waals surface area contributed by atoms with Gasteiger partial charge in [-0.3, -0.25) is 9.59 Å². The highest BCUT2D eigenvalue weighted by Crippen LogP contribution is 1.94. The lowest BCUT2D eigenvalue weighted by molar-refractivity contribution is -0.142. The smallest absolute Gasteiger partial charge is 0.327 e. The predicted octanol–water partition coefficient (Wildman–Crippen LogP) is -1.62. The first kappa shape index (κ1) is 13.9. The standard InChI is InChI=1S/C9H12N2O5/c1-2-3-6(9(15)16)11-8(14)5(10)4-7(12)13/h1,5-6H,3-4,10H2,(H,11,14)(H,12,13)(H,15,16). The van der Waals surface area contributed by atoms with Crippen LogP contribution in [0.3, 0.4) is 0 Å². The number of carbonyl (C=O) groups is 3. The van der Waals surface area contributed by atoms with E-state index in [2.05, 4.69) is 11.2 Å². The van der Waals surface area contributed by atoms with Crippen LogP contribution in [0.15, 0.2) is 0 Å². The number of terminal acetylenes is 1. The van der Waals surface area contributed by atoms with E-state index in [1.54, 1.807) is 0 Å². The van der Waals surface area contributed by atoms with E-state index in [4.69, 9.17) is 22.4 Å². The van der Waals surface area contributed by atoms with Crippen LogP contribution in [0.2, 0.25) is 0 Å². The van der Waals surface area contributed by atoms with Crippen molar-refractivity contribution >= 4 is 17.8 Å². The molecular weight excluding hydrogens is 216 g/mol. The van der Waals surface area contributed by atoms with Gasteiger partial charge in [0.25, 0.3) is 0 Å². The molecule has 0 aliphatic heterocycles. The van der Waals surface area contributed by atoms with Crippen molar-refractivity contribution in [2.75, 3.05) is 0 Å². The van der Waals surface area contributed by atoms with E-state index >= 15 is 0 Å². The van der Waals surface area contributed by atoms with Crippen molar-refractivity contribution in [3.63, 3.8) is 0 Å². The Bertz CT molecular complexity index is 333. The second-order valence-corrected chi connectivity index (χ2v) is 3.01. The van der Waals surface area contributed by atoms with Crippen LogP contribution in [0.1, 0.15) is 12.8 Å². The Morgan fingerprint density at radius 2 is 1.94 bits per heavy atom. The average molecular weight is 228 g/mol. The van der Waals surface area contributed by atoms with Crippen LogP contribution in [0.4, 0.5) is 0 Å². The summed E-state index contributed by atoms with van der Waals surface area (Å²) in [6, 6.07) is -2.55. The maximum atomic E-state index is 11.2. The Labute approximate surface area is 91.6 Å². The van der Waals surface area contributed by atoms with Gasteiger partial charge < -0.3 is 21.3 Å². The van der Waals surface area contributed by atoms with E-state index in [9.17, 15) is 14.4 Å². The van der Waals surface area contributed by atoms with Gasteiger partial charge in [-0.2, -0.15) is 0 Å². The third-order valence-corrected chi connectivity index (χ3v) is 1.67. The molecule has 5 N–H and O–H groups in total. The Balaban J connectivity index is 4.35. The van der Waals surface area contributed by atoms with Crippen molar-refractivity contribution in [3.05, 3.63) is 0 Å². The first-order valence-electron chi connectivity index (χ1n) is 4.32. The zero-order valence-electron chi connectivity index (χ0n) is 8.34. The highest BCUT2D eigenvalue weighted by Gasteiger charge is 2.23. The number of carboxylic acid groups (broad SMARTS) is 2. The van der Waals surface area contributed by atoms with Gasteiger partial charge in [-0.05, 0) is 0 Å². The Morgan fingerprint density at radius 3 is 2.31 bits per heavy atom. The van der Waals surface area contributed by atoms with E-state index < -0.39 is 36.4 Å². The molecule has 0 rings (SSSR count). The molecule has 0 spiro atoms. The summed E-state index contributed by atoms with van der Waals surface area (Å²) in [5, 5.41) is 19.1. The zero-order chi connectivity index (χ0) is 12.7. The lowest BCUT2D eigenvalue weighted by Gasteiger charge is -2.14. The summed E-state index contributed by atoms with van der Waals surface area (Å²) < 4.78 is 0. The van der Waals surface area contributed by atoms with E-state index in [0.717, 1.165) is 0 Å². The quantitative estimate of drug-likeness (QED) is 0.404. The molecule has 1 amide bonds. The second-order valence-electron chi connectivity index (χ2n) is 3.01. The maximum Gasteiger partial charge on any atom is 0.327 e. The highest BCUT2D eigenvalue weighted by atomic mass is 16.4. The summed E-state index contributed by atoms with van der Waals surface area (Å²) in [4.78, 5) is 32.1. The monoisotopic (exact) mass is 228 g/mol. The molecule has 0 saturated carbocycles. The average Bonchev–Trinajstić information content (AvgIpc) is 2.15. The van der Waals surface area contributed by atoms with E-state index in [-0.39, 0.29) is 6.42 Å². The molecule has 0 saturated heterocycles. The van der Waals surface area contributed by atoms with Gasteiger partial charge in [0.2, 0.25) is 5.91 Å². The molecule has 0 fully saturated rings. The van der Waals surface area contributed by atoms with Crippen LogP contribution in [0.25, 0.3) is 0 Å². The van der Waals surface area contributed by atoms with Gasteiger partial charge in [-0.1, -0.05) is 0 Å². The van der Waals surface area contributed by atoms with Crippen LogP contribution in [-0.2, 0) is 14.4 Å². The minimum atomic E-state index is -1.30. The van der Waals surface area contributed by atoms with Crippen molar-refractivity contribution in [1.29, 1.82) is 0 Å². The molecule has 0 bridgehead atoms. The molecule has 7 nitrogen and oxygen atoms in total. The normalized spacial score (nSPS) is 13.2. The lowest BCUT2D eigenvalue weighted by atomic mass is 10.1. The van der Waals surface area contributed by atoms with Crippen LogP contribution in [0.5, 0.6) is 0 Å². The van der Waals surface area contributed by atoms with E-state index in [0.29, 0.717) is 0 Å². The second kappa shape index (κ2) is 6.42. The van der Waals surface area contributed by atoms with Crippen LogP contribution in [0, 0.1) is 12.3 Å². The summed E-state index contributed by atoms with van der Waals surface area (Å²) in [6.07, 6.45) is 4.14. The number of hydrogen-bond acceptors (Lipinski definition) is 4. The third kappa shape index (κ3) is 4.97. The summed E-state index contributed by atoms with van der Waals surface area (Å²) in [5.74, 6) is -1.32. The summed E-state index contributed by atoms with van der Waals surface area (Å²) in [6.45, 7) is 0. The van der Waals surface area contributed by atoms with Gasteiger partial charge in [0, 0.05) is 6.42 Å². The van der Waals surface area contributed by atoms with Gasteiger partial charge in [-0.25, -0.2) is 4.79 Å². The molecule has 0 aliphatic rings. The molecule has 2 unspecified atom stereocenters.